The molecule has 0 heterocycles. The zero-order valence-corrected chi connectivity index (χ0v) is 14.1. The minimum Gasteiger partial charge on any atom is -0.481 e. The maximum absolute atomic E-state index is 12.0. The Morgan fingerprint density at radius 3 is 2.48 bits per heavy atom. The van der Waals surface area contributed by atoms with Gasteiger partial charge < -0.3 is 15.7 Å². The predicted octanol–water partition coefficient (Wildman–Crippen LogP) is 2.85. The summed E-state index contributed by atoms with van der Waals surface area (Å²) < 4.78 is 0. The standard InChI is InChI=1S/C15H28N2O3S/c1-4-15(5-2,13(18)19)10-16-14(20)17-11-7-6-8-12(9-11)21-3/h11-12H,4-10H2,1-3H3,(H,18,19)(H2,16,17,20). The van der Waals surface area contributed by atoms with E-state index in [1.165, 1.54) is 6.42 Å². The van der Waals surface area contributed by atoms with Crippen molar-refractivity contribution in [3.05, 3.63) is 0 Å². The Balaban J connectivity index is 2.44. The molecule has 0 aromatic rings. The van der Waals surface area contributed by atoms with E-state index < -0.39 is 11.4 Å². The number of rotatable bonds is 7. The van der Waals surface area contributed by atoms with Crippen molar-refractivity contribution in [1.82, 2.24) is 10.6 Å². The van der Waals surface area contributed by atoms with E-state index in [9.17, 15) is 14.7 Å². The van der Waals surface area contributed by atoms with E-state index in [1.807, 2.05) is 25.6 Å². The molecule has 2 atom stereocenters. The van der Waals surface area contributed by atoms with E-state index >= 15 is 0 Å². The summed E-state index contributed by atoms with van der Waals surface area (Å²) in [4.78, 5) is 23.4. The van der Waals surface area contributed by atoms with Gasteiger partial charge in [-0.3, -0.25) is 4.79 Å². The lowest BCUT2D eigenvalue weighted by atomic mass is 9.82. The molecule has 3 N–H and O–H groups in total. The van der Waals surface area contributed by atoms with Crippen molar-refractivity contribution >= 4 is 23.8 Å². The molecule has 0 saturated heterocycles. The zero-order chi connectivity index (χ0) is 15.9. The monoisotopic (exact) mass is 316 g/mol. The minimum atomic E-state index is -0.855. The van der Waals surface area contributed by atoms with Gasteiger partial charge in [-0.2, -0.15) is 11.8 Å². The molecular formula is C15H28N2O3S. The van der Waals surface area contributed by atoms with Crippen molar-refractivity contribution < 1.29 is 14.7 Å². The Morgan fingerprint density at radius 2 is 1.95 bits per heavy atom. The fraction of sp³-hybridized carbons (Fsp3) is 0.867. The third-order valence-electron chi connectivity index (χ3n) is 4.69. The highest BCUT2D eigenvalue weighted by molar-refractivity contribution is 7.99. The number of aliphatic carboxylic acids is 1. The second kappa shape index (κ2) is 8.51. The van der Waals surface area contributed by atoms with Gasteiger partial charge in [-0.25, -0.2) is 4.79 Å². The van der Waals surface area contributed by atoms with Crippen molar-refractivity contribution in [2.45, 2.75) is 63.7 Å². The highest BCUT2D eigenvalue weighted by Gasteiger charge is 2.35. The third kappa shape index (κ3) is 5.09. The number of carbonyl (C=O) groups is 2. The van der Waals surface area contributed by atoms with Crippen molar-refractivity contribution in [1.29, 1.82) is 0 Å². The molecule has 1 aliphatic carbocycles. The highest BCUT2D eigenvalue weighted by atomic mass is 32.2. The van der Waals surface area contributed by atoms with Crippen LogP contribution in [0.1, 0.15) is 52.4 Å². The molecule has 0 aliphatic heterocycles. The molecule has 0 spiro atoms. The van der Waals surface area contributed by atoms with E-state index in [4.69, 9.17) is 0 Å². The molecule has 21 heavy (non-hydrogen) atoms. The summed E-state index contributed by atoms with van der Waals surface area (Å²) >= 11 is 1.86. The van der Waals surface area contributed by atoms with Crippen LogP contribution < -0.4 is 10.6 Å². The summed E-state index contributed by atoms with van der Waals surface area (Å²) in [5.74, 6) is -0.840. The summed E-state index contributed by atoms with van der Waals surface area (Å²) in [6.07, 6.45) is 7.50. The molecule has 6 heteroatoms. The number of thioether (sulfide) groups is 1. The fourth-order valence-electron chi connectivity index (χ4n) is 2.85. The molecule has 0 aromatic carbocycles. The Bertz CT molecular complexity index is 359. The van der Waals surface area contributed by atoms with Crippen LogP contribution in [0.4, 0.5) is 4.79 Å². The Labute approximate surface area is 131 Å². The maximum atomic E-state index is 12.0. The van der Waals surface area contributed by atoms with E-state index in [0.29, 0.717) is 18.1 Å². The molecule has 2 amide bonds. The van der Waals surface area contributed by atoms with E-state index in [1.54, 1.807) is 0 Å². The lowest BCUT2D eigenvalue weighted by Crippen LogP contribution is -2.49. The fourth-order valence-corrected chi connectivity index (χ4v) is 3.68. The topological polar surface area (TPSA) is 78.4 Å². The molecule has 0 aromatic heterocycles. The molecule has 1 saturated carbocycles. The van der Waals surface area contributed by atoms with Gasteiger partial charge in [0.1, 0.15) is 0 Å². The second-order valence-electron chi connectivity index (χ2n) is 5.84. The van der Waals surface area contributed by atoms with Crippen molar-refractivity contribution in [3.63, 3.8) is 0 Å². The number of hydrogen-bond acceptors (Lipinski definition) is 3. The highest BCUT2D eigenvalue weighted by Crippen LogP contribution is 2.27. The van der Waals surface area contributed by atoms with Crippen LogP contribution >= 0.6 is 11.8 Å². The van der Waals surface area contributed by atoms with Gasteiger partial charge in [0.15, 0.2) is 0 Å². The number of carboxylic acids is 1. The average Bonchev–Trinajstić information content (AvgIpc) is 2.48. The van der Waals surface area contributed by atoms with E-state index in [-0.39, 0.29) is 18.6 Å². The lowest BCUT2D eigenvalue weighted by molar-refractivity contribution is -0.149. The number of nitrogens with one attached hydrogen (secondary N) is 2. The Hall–Kier alpha value is -0.910. The van der Waals surface area contributed by atoms with Gasteiger partial charge in [0.2, 0.25) is 0 Å². The molecule has 0 radical (unpaired) electrons. The summed E-state index contributed by atoms with van der Waals surface area (Å²) in [6, 6.07) is -0.0343. The van der Waals surface area contributed by atoms with Crippen LogP contribution in [-0.4, -0.2) is 41.2 Å². The summed E-state index contributed by atoms with van der Waals surface area (Å²) in [7, 11) is 0. The van der Waals surface area contributed by atoms with Gasteiger partial charge in [0.05, 0.1) is 5.41 Å². The van der Waals surface area contributed by atoms with E-state index in [2.05, 4.69) is 16.9 Å². The number of hydrogen-bond donors (Lipinski definition) is 3. The van der Waals surface area contributed by atoms with Crippen molar-refractivity contribution in [3.8, 4) is 0 Å². The quantitative estimate of drug-likeness (QED) is 0.675. The van der Waals surface area contributed by atoms with Crippen LogP contribution in [-0.2, 0) is 4.79 Å². The van der Waals surface area contributed by atoms with Crippen LogP contribution in [0, 0.1) is 5.41 Å². The van der Waals surface area contributed by atoms with Crippen LogP contribution in [0.15, 0.2) is 0 Å². The van der Waals surface area contributed by atoms with Gasteiger partial charge in [-0.05, 0) is 38.4 Å². The lowest BCUT2D eigenvalue weighted by Gasteiger charge is -2.30. The zero-order valence-electron chi connectivity index (χ0n) is 13.3. The first-order valence-corrected chi connectivity index (χ1v) is 9.06. The first kappa shape index (κ1) is 18.1. The van der Waals surface area contributed by atoms with Gasteiger partial charge in [0.25, 0.3) is 0 Å². The second-order valence-corrected chi connectivity index (χ2v) is 6.98. The normalized spacial score (nSPS) is 22.6. The third-order valence-corrected chi connectivity index (χ3v) is 5.78. The van der Waals surface area contributed by atoms with Crippen LogP contribution in [0.3, 0.4) is 0 Å². The van der Waals surface area contributed by atoms with Crippen LogP contribution in [0.25, 0.3) is 0 Å². The van der Waals surface area contributed by atoms with Crippen LogP contribution in [0.5, 0.6) is 0 Å². The largest absolute Gasteiger partial charge is 0.481 e. The van der Waals surface area contributed by atoms with E-state index in [0.717, 1.165) is 19.3 Å². The van der Waals surface area contributed by atoms with Gasteiger partial charge in [0, 0.05) is 17.8 Å². The molecule has 0 bridgehead atoms. The van der Waals surface area contributed by atoms with Gasteiger partial charge in [-0.1, -0.05) is 20.3 Å². The van der Waals surface area contributed by atoms with Crippen molar-refractivity contribution in [2.75, 3.05) is 12.8 Å². The number of urea groups is 1. The molecule has 5 nitrogen and oxygen atoms in total. The molecule has 1 rings (SSSR count). The smallest absolute Gasteiger partial charge is 0.315 e. The molecule has 2 unspecified atom stereocenters. The molecular weight excluding hydrogens is 288 g/mol. The summed E-state index contributed by atoms with van der Waals surface area (Å²) in [5.41, 5.74) is -0.855. The van der Waals surface area contributed by atoms with Gasteiger partial charge in [-0.15, -0.1) is 0 Å². The number of carbonyl (C=O) groups excluding carboxylic acids is 1. The first-order valence-electron chi connectivity index (χ1n) is 7.78. The SMILES string of the molecule is CCC(CC)(CNC(=O)NC1CCCC(SC)C1)C(=O)O. The van der Waals surface area contributed by atoms with Crippen LogP contribution in [0.2, 0.25) is 0 Å². The minimum absolute atomic E-state index is 0.180. The Kier molecular flexibility index (Phi) is 7.35. The van der Waals surface area contributed by atoms with Gasteiger partial charge >= 0.3 is 12.0 Å². The maximum Gasteiger partial charge on any atom is 0.315 e. The Morgan fingerprint density at radius 1 is 1.29 bits per heavy atom. The number of carboxylic acid groups (broad SMARTS) is 1. The summed E-state index contributed by atoms with van der Waals surface area (Å²) in [6.45, 7) is 3.88. The number of amides is 2. The van der Waals surface area contributed by atoms with Crippen molar-refractivity contribution in [2.24, 2.45) is 5.41 Å². The molecule has 1 fully saturated rings. The first-order chi connectivity index (χ1) is 9.97. The predicted molar refractivity (Wildman–Crippen MR) is 86.7 cm³/mol. The molecule has 1 aliphatic rings. The summed E-state index contributed by atoms with van der Waals surface area (Å²) in [5, 5.41) is 15.7. The average molecular weight is 316 g/mol. The molecule has 122 valence electrons.